The van der Waals surface area contributed by atoms with Crippen LogP contribution in [0.3, 0.4) is 0 Å². The van der Waals surface area contributed by atoms with Gasteiger partial charge in [-0.05, 0) is 69.5 Å². The molecule has 29 heavy (non-hydrogen) atoms. The Balaban J connectivity index is 1.69. The van der Waals surface area contributed by atoms with Gasteiger partial charge in [0, 0.05) is 23.8 Å². The van der Waals surface area contributed by atoms with E-state index < -0.39 is 0 Å². The first-order valence-corrected chi connectivity index (χ1v) is 11.5. The molecule has 0 aromatic heterocycles. The zero-order chi connectivity index (χ0) is 20.5. The smallest absolute Gasteiger partial charge is 0.196 e. The summed E-state index contributed by atoms with van der Waals surface area (Å²) in [6.07, 6.45) is 12.6. The van der Waals surface area contributed by atoms with E-state index in [-0.39, 0.29) is 5.78 Å². The number of Topliss-reactive ketones (excluding diaryl/α,β-unsaturated/α-hetero) is 1. The molecular weight excluding hydrogens is 360 g/mol. The lowest BCUT2D eigenvalue weighted by Gasteiger charge is -2.27. The van der Waals surface area contributed by atoms with Crippen LogP contribution in [0.4, 0.5) is 5.69 Å². The molecule has 5 heteroatoms. The maximum Gasteiger partial charge on any atom is 0.196 e. The van der Waals surface area contributed by atoms with Crippen LogP contribution >= 0.6 is 0 Å². The van der Waals surface area contributed by atoms with Crippen LogP contribution in [-0.2, 0) is 0 Å². The molecule has 0 bridgehead atoms. The summed E-state index contributed by atoms with van der Waals surface area (Å²) >= 11 is 0. The van der Waals surface area contributed by atoms with E-state index in [9.17, 15) is 4.79 Å². The first-order valence-electron chi connectivity index (χ1n) is 11.5. The quantitative estimate of drug-likeness (QED) is 0.280. The van der Waals surface area contributed by atoms with Gasteiger partial charge < -0.3 is 16.4 Å². The van der Waals surface area contributed by atoms with Crippen LogP contribution in [0.5, 0.6) is 0 Å². The number of carbonyl (C=O) groups excluding carboxylic acids is 1. The van der Waals surface area contributed by atoms with Gasteiger partial charge in [0.25, 0.3) is 0 Å². The molecule has 2 saturated carbocycles. The van der Waals surface area contributed by atoms with Crippen molar-refractivity contribution in [3.8, 4) is 0 Å². The van der Waals surface area contributed by atoms with Crippen molar-refractivity contribution < 1.29 is 4.79 Å². The number of guanidine groups is 1. The number of rotatable bonds is 6. The highest BCUT2D eigenvalue weighted by Gasteiger charge is 2.21. The van der Waals surface area contributed by atoms with Gasteiger partial charge in [0.1, 0.15) is 0 Å². The van der Waals surface area contributed by atoms with Gasteiger partial charge in [-0.2, -0.15) is 0 Å². The summed E-state index contributed by atoms with van der Waals surface area (Å²) in [5, 5.41) is 7.16. The highest BCUT2D eigenvalue weighted by molar-refractivity contribution is 5.98. The third-order valence-corrected chi connectivity index (χ3v) is 6.46. The molecule has 0 spiro atoms. The van der Waals surface area contributed by atoms with Gasteiger partial charge in [-0.3, -0.25) is 9.79 Å². The summed E-state index contributed by atoms with van der Waals surface area (Å²) in [6, 6.07) is 8.18. The van der Waals surface area contributed by atoms with E-state index in [0.717, 1.165) is 30.3 Å². The van der Waals surface area contributed by atoms with Gasteiger partial charge in [0.2, 0.25) is 0 Å². The zero-order valence-electron chi connectivity index (χ0n) is 18.0. The van der Waals surface area contributed by atoms with Gasteiger partial charge in [0.05, 0.1) is 0 Å². The van der Waals surface area contributed by atoms with Gasteiger partial charge in [-0.1, -0.05) is 44.2 Å². The second kappa shape index (κ2) is 11.3. The maximum atomic E-state index is 11.7. The minimum absolute atomic E-state index is 0.0823. The number of nitrogens with one attached hydrogen (secondary N) is 2. The van der Waals surface area contributed by atoms with Crippen molar-refractivity contribution in [3.63, 3.8) is 0 Å². The largest absolute Gasteiger partial charge is 0.353 e. The number of benzene rings is 1. The Kier molecular flexibility index (Phi) is 8.53. The number of nitrogens with two attached hydrogens (primary N) is 1. The average Bonchev–Trinajstić information content (AvgIpc) is 3.01. The van der Waals surface area contributed by atoms with Crippen molar-refractivity contribution in [2.75, 3.05) is 18.4 Å². The Hall–Kier alpha value is -1.88. The number of aliphatic imine (C=N–C) groups is 1. The normalized spacial score (nSPS) is 24.0. The van der Waals surface area contributed by atoms with Crippen LogP contribution in [0.25, 0.3) is 0 Å². The fraction of sp³-hybridized carbons (Fsp3) is 0.667. The number of ketones is 1. The Labute approximate surface area is 175 Å². The molecule has 0 aliphatic heterocycles. The summed E-state index contributed by atoms with van der Waals surface area (Å²) in [4.78, 5) is 16.7. The molecule has 0 radical (unpaired) electrons. The molecule has 2 fully saturated rings. The zero-order valence-corrected chi connectivity index (χ0v) is 18.0. The molecule has 1 aromatic carbocycles. The number of anilines is 1. The number of carbonyl (C=O) groups is 1. The van der Waals surface area contributed by atoms with Crippen LogP contribution in [0, 0.1) is 11.8 Å². The highest BCUT2D eigenvalue weighted by Crippen LogP contribution is 2.28. The first-order chi connectivity index (χ1) is 14.1. The molecule has 0 heterocycles. The molecule has 2 aliphatic rings. The van der Waals surface area contributed by atoms with E-state index >= 15 is 0 Å². The van der Waals surface area contributed by atoms with Crippen molar-refractivity contribution in [1.29, 1.82) is 0 Å². The predicted molar refractivity (Wildman–Crippen MR) is 121 cm³/mol. The van der Waals surface area contributed by atoms with Crippen molar-refractivity contribution in [2.45, 2.75) is 77.2 Å². The van der Waals surface area contributed by atoms with E-state index in [1.807, 2.05) is 24.3 Å². The molecule has 2 atom stereocenters. The third kappa shape index (κ3) is 7.14. The predicted octanol–water partition coefficient (Wildman–Crippen LogP) is 4.73. The Morgan fingerprint density at radius 3 is 2.55 bits per heavy atom. The Bertz CT molecular complexity index is 679. The van der Waals surface area contributed by atoms with Crippen LogP contribution in [-0.4, -0.2) is 30.9 Å². The lowest BCUT2D eigenvalue weighted by atomic mass is 9.81. The standard InChI is InChI=1S/C24H38N4O/c1-18(29)21-10-7-13-23(15-21)28-24(27-22-11-4-2-3-5-12-22)26-17-20-9-6-8-19(14-20)16-25/h7,10,13,15,19-20,22H,2-6,8-9,11-12,14,16-17,25H2,1H3,(H2,26,27,28). The molecule has 5 nitrogen and oxygen atoms in total. The lowest BCUT2D eigenvalue weighted by molar-refractivity contribution is 0.101. The fourth-order valence-corrected chi connectivity index (χ4v) is 4.69. The second-order valence-corrected chi connectivity index (χ2v) is 8.92. The van der Waals surface area contributed by atoms with E-state index in [1.165, 1.54) is 64.2 Å². The molecule has 160 valence electrons. The van der Waals surface area contributed by atoms with Crippen LogP contribution in [0.1, 0.15) is 81.5 Å². The molecule has 4 N–H and O–H groups in total. The van der Waals surface area contributed by atoms with Gasteiger partial charge in [-0.15, -0.1) is 0 Å². The summed E-state index contributed by atoms with van der Waals surface area (Å²) in [6.45, 7) is 3.24. The van der Waals surface area contributed by atoms with Crippen LogP contribution in [0.15, 0.2) is 29.3 Å². The Morgan fingerprint density at radius 1 is 1.07 bits per heavy atom. The van der Waals surface area contributed by atoms with Crippen LogP contribution < -0.4 is 16.4 Å². The average molecular weight is 399 g/mol. The summed E-state index contributed by atoms with van der Waals surface area (Å²) in [5.41, 5.74) is 7.55. The monoisotopic (exact) mass is 398 g/mol. The second-order valence-electron chi connectivity index (χ2n) is 8.92. The Morgan fingerprint density at radius 2 is 1.83 bits per heavy atom. The third-order valence-electron chi connectivity index (χ3n) is 6.46. The molecule has 2 aliphatic carbocycles. The lowest BCUT2D eigenvalue weighted by Crippen LogP contribution is -2.39. The molecule has 2 unspecified atom stereocenters. The van der Waals surface area contributed by atoms with Gasteiger partial charge in [-0.25, -0.2) is 0 Å². The summed E-state index contributed by atoms with van der Waals surface area (Å²) < 4.78 is 0. The summed E-state index contributed by atoms with van der Waals surface area (Å²) in [7, 11) is 0. The van der Waals surface area contributed by atoms with Gasteiger partial charge in [0.15, 0.2) is 11.7 Å². The number of nitrogens with zero attached hydrogens (tertiary/aromatic N) is 1. The van der Waals surface area contributed by atoms with Crippen molar-refractivity contribution >= 4 is 17.4 Å². The highest BCUT2D eigenvalue weighted by atomic mass is 16.1. The minimum atomic E-state index is 0.0823. The molecule has 1 aromatic rings. The SMILES string of the molecule is CC(=O)c1cccc(NC(=NCC2CCCC(CN)C2)NC2CCCCCC2)c1. The van der Waals surface area contributed by atoms with Crippen molar-refractivity contribution in [1.82, 2.24) is 5.32 Å². The molecular formula is C24H38N4O. The molecule has 3 rings (SSSR count). The van der Waals surface area contributed by atoms with E-state index in [1.54, 1.807) is 6.92 Å². The topological polar surface area (TPSA) is 79.5 Å². The van der Waals surface area contributed by atoms with E-state index in [0.29, 0.717) is 17.9 Å². The number of hydrogen-bond acceptors (Lipinski definition) is 3. The molecule has 0 saturated heterocycles. The van der Waals surface area contributed by atoms with E-state index in [2.05, 4.69) is 10.6 Å². The van der Waals surface area contributed by atoms with E-state index in [4.69, 9.17) is 10.7 Å². The van der Waals surface area contributed by atoms with Crippen molar-refractivity contribution in [2.24, 2.45) is 22.6 Å². The maximum absolute atomic E-state index is 11.7. The molecule has 0 amide bonds. The summed E-state index contributed by atoms with van der Waals surface area (Å²) in [5.74, 6) is 2.21. The first kappa shape index (κ1) is 21.8. The minimum Gasteiger partial charge on any atom is -0.353 e. The fourth-order valence-electron chi connectivity index (χ4n) is 4.69. The van der Waals surface area contributed by atoms with Crippen LogP contribution in [0.2, 0.25) is 0 Å². The number of hydrogen-bond donors (Lipinski definition) is 3. The van der Waals surface area contributed by atoms with Crippen molar-refractivity contribution in [3.05, 3.63) is 29.8 Å². The van der Waals surface area contributed by atoms with Gasteiger partial charge >= 0.3 is 0 Å².